The van der Waals surface area contributed by atoms with Crippen molar-refractivity contribution in [1.29, 1.82) is 0 Å². The zero-order valence-corrected chi connectivity index (χ0v) is 17.8. The lowest BCUT2D eigenvalue weighted by Crippen LogP contribution is -2.52. The van der Waals surface area contributed by atoms with Crippen molar-refractivity contribution >= 4 is 40.7 Å². The Morgan fingerprint density at radius 2 is 1.84 bits per heavy atom. The van der Waals surface area contributed by atoms with Crippen LogP contribution in [0.5, 0.6) is 0 Å². The molecule has 2 amide bonds. The van der Waals surface area contributed by atoms with E-state index in [9.17, 15) is 14.0 Å². The molecule has 0 spiro atoms. The molecule has 0 aromatic heterocycles. The summed E-state index contributed by atoms with van der Waals surface area (Å²) in [6, 6.07) is 11.4. The van der Waals surface area contributed by atoms with Crippen molar-refractivity contribution < 1.29 is 14.0 Å². The summed E-state index contributed by atoms with van der Waals surface area (Å²) in [5.74, 6) is -0.804. The summed E-state index contributed by atoms with van der Waals surface area (Å²) in [5, 5.41) is 5.98. The first-order valence-electron chi connectivity index (χ1n) is 10.1. The summed E-state index contributed by atoms with van der Waals surface area (Å²) in [6.07, 6.45) is -0.145. The third-order valence-corrected chi connectivity index (χ3v) is 5.62. The van der Waals surface area contributed by atoms with Crippen LogP contribution in [-0.4, -0.2) is 54.9 Å². The number of amides is 2. The number of carbonyl (C=O) groups is 2. The van der Waals surface area contributed by atoms with E-state index in [1.165, 1.54) is 12.1 Å². The van der Waals surface area contributed by atoms with Crippen LogP contribution in [0.3, 0.4) is 0 Å². The van der Waals surface area contributed by atoms with Gasteiger partial charge in [-0.3, -0.25) is 14.9 Å². The number of hydrogen-bond acceptors (Lipinski definition) is 5. The van der Waals surface area contributed by atoms with E-state index in [4.69, 9.17) is 11.6 Å². The second-order valence-corrected chi connectivity index (χ2v) is 8.08. The number of carbonyl (C=O) groups excluding carboxylic acids is 2. The van der Waals surface area contributed by atoms with Gasteiger partial charge in [0.1, 0.15) is 11.9 Å². The lowest BCUT2D eigenvalue weighted by atomic mass is 10.2. The third kappa shape index (κ3) is 4.96. The van der Waals surface area contributed by atoms with Gasteiger partial charge in [0.25, 0.3) is 5.91 Å². The SMILES string of the molecule is Cc1ccc(NC(=O)CC2N=C(N3CCN(c4ccc(Cl)cc4)CC3)NC2=O)c(F)c1. The molecule has 1 fully saturated rings. The van der Waals surface area contributed by atoms with Gasteiger partial charge in [0.15, 0.2) is 0 Å². The van der Waals surface area contributed by atoms with Crippen LogP contribution >= 0.6 is 11.6 Å². The maximum atomic E-state index is 13.9. The van der Waals surface area contributed by atoms with Gasteiger partial charge in [-0.25, -0.2) is 9.38 Å². The molecule has 0 aliphatic carbocycles. The number of rotatable bonds is 4. The highest BCUT2D eigenvalue weighted by Gasteiger charge is 2.32. The molecule has 2 heterocycles. The van der Waals surface area contributed by atoms with Gasteiger partial charge in [0, 0.05) is 36.9 Å². The first-order chi connectivity index (χ1) is 14.9. The molecule has 162 valence electrons. The van der Waals surface area contributed by atoms with Gasteiger partial charge in [0.2, 0.25) is 11.9 Å². The van der Waals surface area contributed by atoms with Crippen molar-refractivity contribution in [1.82, 2.24) is 10.2 Å². The number of hydrogen-bond donors (Lipinski definition) is 2. The first-order valence-corrected chi connectivity index (χ1v) is 10.5. The number of halogens is 2. The van der Waals surface area contributed by atoms with E-state index in [0.29, 0.717) is 24.1 Å². The number of guanidine groups is 1. The normalized spacial score (nSPS) is 18.6. The quantitative estimate of drug-likeness (QED) is 0.761. The summed E-state index contributed by atoms with van der Waals surface area (Å²) in [7, 11) is 0. The van der Waals surface area contributed by atoms with E-state index in [2.05, 4.69) is 20.5 Å². The lowest BCUT2D eigenvalue weighted by molar-refractivity contribution is -0.124. The number of anilines is 2. The maximum absolute atomic E-state index is 13.9. The topological polar surface area (TPSA) is 77.0 Å². The van der Waals surface area contributed by atoms with E-state index in [1.54, 1.807) is 13.0 Å². The van der Waals surface area contributed by atoms with E-state index >= 15 is 0 Å². The Morgan fingerprint density at radius 3 is 2.52 bits per heavy atom. The van der Waals surface area contributed by atoms with Gasteiger partial charge in [-0.15, -0.1) is 0 Å². The molecule has 2 aromatic carbocycles. The monoisotopic (exact) mass is 443 g/mol. The smallest absolute Gasteiger partial charge is 0.252 e. The van der Waals surface area contributed by atoms with Crippen LogP contribution in [0.25, 0.3) is 0 Å². The third-order valence-electron chi connectivity index (χ3n) is 5.36. The molecule has 2 aliphatic heterocycles. The molecule has 7 nitrogen and oxygen atoms in total. The van der Waals surface area contributed by atoms with Crippen molar-refractivity contribution in [3.63, 3.8) is 0 Å². The Bertz CT molecular complexity index is 1020. The predicted molar refractivity (Wildman–Crippen MR) is 119 cm³/mol. The van der Waals surface area contributed by atoms with Gasteiger partial charge in [-0.2, -0.15) is 0 Å². The van der Waals surface area contributed by atoms with Crippen LogP contribution in [-0.2, 0) is 9.59 Å². The first kappa shape index (κ1) is 21.1. The Kier molecular flexibility index (Phi) is 6.08. The van der Waals surface area contributed by atoms with Crippen LogP contribution in [0, 0.1) is 12.7 Å². The largest absolute Gasteiger partial charge is 0.368 e. The highest BCUT2D eigenvalue weighted by molar-refractivity contribution is 6.30. The van der Waals surface area contributed by atoms with Gasteiger partial charge in [-0.1, -0.05) is 17.7 Å². The number of aryl methyl sites for hydroxylation is 1. The molecule has 1 saturated heterocycles. The molecule has 2 aromatic rings. The zero-order chi connectivity index (χ0) is 22.0. The van der Waals surface area contributed by atoms with Crippen molar-refractivity contribution in [2.75, 3.05) is 36.4 Å². The van der Waals surface area contributed by atoms with Crippen LogP contribution in [0.1, 0.15) is 12.0 Å². The van der Waals surface area contributed by atoms with E-state index in [-0.39, 0.29) is 18.0 Å². The van der Waals surface area contributed by atoms with E-state index in [1.807, 2.05) is 29.2 Å². The molecule has 2 N–H and O–H groups in total. The molecule has 31 heavy (non-hydrogen) atoms. The minimum Gasteiger partial charge on any atom is -0.368 e. The molecule has 0 radical (unpaired) electrons. The summed E-state index contributed by atoms with van der Waals surface area (Å²) in [5.41, 5.74) is 1.95. The molecule has 4 rings (SSSR count). The molecule has 1 atom stereocenters. The molecule has 9 heteroatoms. The van der Waals surface area contributed by atoms with Crippen LogP contribution < -0.4 is 15.5 Å². The Hall–Kier alpha value is -3.13. The summed E-state index contributed by atoms with van der Waals surface area (Å²) in [6.45, 7) is 4.69. The van der Waals surface area contributed by atoms with Gasteiger partial charge < -0.3 is 15.1 Å². The standard InChI is InChI=1S/C22H23ClFN5O2/c1-14-2-7-18(17(24)12-14)25-20(30)13-19-21(31)27-22(26-19)29-10-8-28(9-11-29)16-5-3-15(23)4-6-16/h2-7,12,19H,8-11,13H2,1H3,(H,25,30)(H,26,27,31). The fraction of sp³-hybridized carbons (Fsp3) is 0.318. The molecule has 1 unspecified atom stereocenters. The van der Waals surface area contributed by atoms with Crippen LogP contribution in [0.2, 0.25) is 5.02 Å². The summed E-state index contributed by atoms with van der Waals surface area (Å²) < 4.78 is 13.9. The minimum atomic E-state index is -0.821. The lowest BCUT2D eigenvalue weighted by Gasteiger charge is -2.36. The molecule has 0 saturated carbocycles. The number of nitrogens with zero attached hydrogens (tertiary/aromatic N) is 3. The van der Waals surface area contributed by atoms with Crippen LogP contribution in [0.15, 0.2) is 47.5 Å². The maximum Gasteiger partial charge on any atom is 0.252 e. The van der Waals surface area contributed by atoms with Gasteiger partial charge in [-0.05, 0) is 48.9 Å². The fourth-order valence-electron chi connectivity index (χ4n) is 3.66. The molecule has 2 aliphatic rings. The van der Waals surface area contributed by atoms with Crippen molar-refractivity contribution in [2.24, 2.45) is 4.99 Å². The number of piperazine rings is 1. The number of benzene rings is 2. The second-order valence-electron chi connectivity index (χ2n) is 7.64. The average Bonchev–Trinajstić information content (AvgIpc) is 3.11. The van der Waals surface area contributed by atoms with E-state index in [0.717, 1.165) is 24.3 Å². The summed E-state index contributed by atoms with van der Waals surface area (Å²) >= 11 is 5.95. The number of nitrogens with one attached hydrogen (secondary N) is 2. The van der Waals surface area contributed by atoms with Crippen molar-refractivity contribution in [3.05, 3.63) is 58.9 Å². The molecular weight excluding hydrogens is 421 g/mol. The van der Waals surface area contributed by atoms with Crippen molar-refractivity contribution in [3.8, 4) is 0 Å². The molecular formula is C22H23ClFN5O2. The van der Waals surface area contributed by atoms with Crippen molar-refractivity contribution in [2.45, 2.75) is 19.4 Å². The Morgan fingerprint density at radius 1 is 1.16 bits per heavy atom. The molecule has 0 bridgehead atoms. The Balaban J connectivity index is 1.33. The highest BCUT2D eigenvalue weighted by atomic mass is 35.5. The minimum absolute atomic E-state index is 0.0940. The zero-order valence-electron chi connectivity index (χ0n) is 17.1. The van der Waals surface area contributed by atoms with E-state index < -0.39 is 17.8 Å². The highest BCUT2D eigenvalue weighted by Crippen LogP contribution is 2.20. The fourth-order valence-corrected chi connectivity index (χ4v) is 3.78. The average molecular weight is 444 g/mol. The van der Waals surface area contributed by atoms with Gasteiger partial charge in [0.05, 0.1) is 12.1 Å². The summed E-state index contributed by atoms with van der Waals surface area (Å²) in [4.78, 5) is 33.3. The van der Waals surface area contributed by atoms with Crippen LogP contribution in [0.4, 0.5) is 15.8 Å². The number of aliphatic imine (C=N–C) groups is 1. The van der Waals surface area contributed by atoms with Gasteiger partial charge >= 0.3 is 0 Å². The Labute approximate surface area is 184 Å². The predicted octanol–water partition coefficient (Wildman–Crippen LogP) is 2.79. The second kappa shape index (κ2) is 8.93.